The van der Waals surface area contributed by atoms with Gasteiger partial charge >= 0.3 is 16.2 Å². The van der Waals surface area contributed by atoms with Crippen molar-refractivity contribution in [1.82, 2.24) is 13.6 Å². The molecule has 0 radical (unpaired) electrons. The first-order valence-corrected chi connectivity index (χ1v) is 15.8. The molecule has 2 atom stereocenters. The fourth-order valence-electron chi connectivity index (χ4n) is 7.04. The summed E-state index contributed by atoms with van der Waals surface area (Å²) >= 11 is 0. The van der Waals surface area contributed by atoms with Crippen LogP contribution in [-0.2, 0) is 26.3 Å². The van der Waals surface area contributed by atoms with Crippen LogP contribution in [0.3, 0.4) is 0 Å². The van der Waals surface area contributed by atoms with E-state index in [0.717, 1.165) is 63.5 Å². The summed E-state index contributed by atoms with van der Waals surface area (Å²) < 4.78 is 41.6. The molecule has 41 heavy (non-hydrogen) atoms. The molecule has 1 amide bonds. The van der Waals surface area contributed by atoms with Gasteiger partial charge in [-0.1, -0.05) is 32.3 Å². The number of rotatable bonds is 7. The molecular formula is C31H37N3O6S. The van der Waals surface area contributed by atoms with Crippen molar-refractivity contribution in [2.45, 2.75) is 63.8 Å². The fraction of sp³-hybridized carbons (Fsp3) is 0.484. The van der Waals surface area contributed by atoms with Crippen molar-refractivity contribution in [3.63, 3.8) is 0 Å². The van der Waals surface area contributed by atoms with Gasteiger partial charge in [-0.25, -0.2) is 4.72 Å². The number of benzene rings is 2. The minimum absolute atomic E-state index is 0.00425. The van der Waals surface area contributed by atoms with E-state index in [-0.39, 0.29) is 24.0 Å². The summed E-state index contributed by atoms with van der Waals surface area (Å²) in [6.45, 7) is 2.36. The third-order valence-corrected chi connectivity index (χ3v) is 11.0. The van der Waals surface area contributed by atoms with E-state index in [0.29, 0.717) is 18.9 Å². The minimum atomic E-state index is -3.97. The van der Waals surface area contributed by atoms with E-state index in [1.165, 1.54) is 26.1 Å². The second-order valence-electron chi connectivity index (χ2n) is 11.6. The van der Waals surface area contributed by atoms with Crippen molar-refractivity contribution in [1.29, 1.82) is 0 Å². The normalized spacial score (nSPS) is 21.9. The Kier molecular flexibility index (Phi) is 6.89. The molecule has 2 saturated carbocycles. The van der Waals surface area contributed by atoms with Crippen molar-refractivity contribution in [2.24, 2.45) is 5.41 Å². The zero-order valence-corrected chi connectivity index (χ0v) is 24.8. The number of ether oxygens (including phenoxy) is 2. The average molecular weight is 580 g/mol. The number of hydrogen-bond donors (Lipinski definition) is 1. The minimum Gasteiger partial charge on any atom is -0.497 e. The first kappa shape index (κ1) is 27.8. The second-order valence-corrected chi connectivity index (χ2v) is 13.4. The van der Waals surface area contributed by atoms with E-state index in [1.807, 2.05) is 12.1 Å². The monoisotopic (exact) mass is 579 g/mol. The molecule has 3 aromatic rings. The number of nitrogens with zero attached hydrogens (tertiary/aromatic N) is 2. The molecule has 0 saturated heterocycles. The number of methoxy groups -OCH3 is 2. The fourth-order valence-corrected chi connectivity index (χ4v) is 7.88. The molecule has 218 valence electrons. The molecule has 2 fully saturated rings. The van der Waals surface area contributed by atoms with Crippen LogP contribution in [0.2, 0.25) is 0 Å². The average Bonchev–Trinajstić information content (AvgIpc) is 3.66. The van der Waals surface area contributed by atoms with Crippen molar-refractivity contribution in [2.75, 3.05) is 27.8 Å². The first-order chi connectivity index (χ1) is 19.6. The topological polar surface area (TPSA) is 107 Å². The maximum absolute atomic E-state index is 13.3. The van der Waals surface area contributed by atoms with Crippen LogP contribution in [0.4, 0.5) is 0 Å². The number of carbonyl (C=O) groups is 2. The van der Waals surface area contributed by atoms with Crippen LogP contribution in [0.25, 0.3) is 22.2 Å². The van der Waals surface area contributed by atoms with Gasteiger partial charge in [0.15, 0.2) is 0 Å². The van der Waals surface area contributed by atoms with Crippen molar-refractivity contribution in [3.8, 4) is 17.0 Å². The number of carbonyl (C=O) groups excluding carboxylic acids is 2. The lowest BCUT2D eigenvalue weighted by Gasteiger charge is -2.24. The highest BCUT2D eigenvalue weighted by atomic mass is 32.2. The number of esters is 1. The molecule has 0 bridgehead atoms. The van der Waals surface area contributed by atoms with Gasteiger partial charge in [-0.3, -0.25) is 9.59 Å². The molecule has 10 heteroatoms. The quantitative estimate of drug-likeness (QED) is 0.397. The van der Waals surface area contributed by atoms with Crippen LogP contribution < -0.4 is 9.46 Å². The zero-order chi connectivity index (χ0) is 29.1. The Hall–Kier alpha value is -3.37. The molecule has 0 spiro atoms. The second kappa shape index (κ2) is 10.2. The number of hydrogen-bond acceptors (Lipinski definition) is 6. The predicted octanol–water partition coefficient (Wildman–Crippen LogP) is 4.95. The Bertz CT molecular complexity index is 1660. The molecule has 1 aromatic heterocycles. The van der Waals surface area contributed by atoms with E-state index in [2.05, 4.69) is 21.4 Å². The maximum atomic E-state index is 13.3. The van der Waals surface area contributed by atoms with E-state index < -0.39 is 21.5 Å². The predicted molar refractivity (Wildman–Crippen MR) is 156 cm³/mol. The lowest BCUT2D eigenvalue weighted by Crippen LogP contribution is -2.41. The van der Waals surface area contributed by atoms with Crippen LogP contribution in [0.1, 0.15) is 78.8 Å². The van der Waals surface area contributed by atoms with Crippen LogP contribution >= 0.6 is 0 Å². The molecule has 2 heterocycles. The summed E-state index contributed by atoms with van der Waals surface area (Å²) in [6, 6.07) is 11.5. The van der Waals surface area contributed by atoms with Gasteiger partial charge in [-0.05, 0) is 66.6 Å². The summed E-state index contributed by atoms with van der Waals surface area (Å²) in [4.78, 5) is 26.5. The third kappa shape index (κ3) is 4.43. The van der Waals surface area contributed by atoms with Crippen molar-refractivity contribution < 1.29 is 27.5 Å². The summed E-state index contributed by atoms with van der Waals surface area (Å²) in [5.74, 6) is 0.158. The van der Waals surface area contributed by atoms with Crippen LogP contribution in [0, 0.1) is 5.41 Å². The van der Waals surface area contributed by atoms with Crippen molar-refractivity contribution in [3.05, 3.63) is 53.1 Å². The molecule has 2 unspecified atom stereocenters. The largest absolute Gasteiger partial charge is 0.497 e. The number of nitrogens with one attached hydrogen (secondary N) is 1. The number of fused-ring (bicyclic) bond motifs is 7. The Labute approximate surface area is 241 Å². The number of aromatic nitrogens is 1. The highest BCUT2D eigenvalue weighted by molar-refractivity contribution is 7.87. The van der Waals surface area contributed by atoms with Gasteiger partial charge in [0, 0.05) is 48.1 Å². The Balaban J connectivity index is 1.58. The molecule has 2 aromatic carbocycles. The van der Waals surface area contributed by atoms with Gasteiger partial charge in [0.2, 0.25) is 0 Å². The molecule has 3 aliphatic rings. The first-order valence-electron chi connectivity index (χ1n) is 14.4. The molecule has 9 nitrogen and oxygen atoms in total. The maximum Gasteiger partial charge on any atom is 0.314 e. The summed E-state index contributed by atoms with van der Waals surface area (Å²) in [6.07, 6.45) is 6.35. The summed E-state index contributed by atoms with van der Waals surface area (Å²) in [5.41, 5.74) is 4.84. The van der Waals surface area contributed by atoms with E-state index in [1.54, 1.807) is 26.2 Å². The smallest absolute Gasteiger partial charge is 0.314 e. The van der Waals surface area contributed by atoms with E-state index in [9.17, 15) is 18.0 Å². The van der Waals surface area contributed by atoms with E-state index in [4.69, 9.17) is 9.47 Å². The lowest BCUT2D eigenvalue weighted by atomic mass is 9.81. The Morgan fingerprint density at radius 3 is 2.54 bits per heavy atom. The van der Waals surface area contributed by atoms with Gasteiger partial charge in [0.05, 0.1) is 25.3 Å². The molecular weight excluding hydrogens is 542 g/mol. The van der Waals surface area contributed by atoms with E-state index >= 15 is 0 Å². The Morgan fingerprint density at radius 2 is 1.85 bits per heavy atom. The molecule has 2 aliphatic carbocycles. The van der Waals surface area contributed by atoms with Crippen LogP contribution in [-0.4, -0.2) is 57.0 Å². The summed E-state index contributed by atoms with van der Waals surface area (Å²) in [5, 5.41) is 1.04. The highest BCUT2D eigenvalue weighted by Crippen LogP contribution is 2.66. The molecule has 1 N–H and O–H groups in total. The van der Waals surface area contributed by atoms with Crippen LogP contribution in [0.15, 0.2) is 36.4 Å². The third-order valence-electron chi connectivity index (χ3n) is 9.45. The lowest BCUT2D eigenvalue weighted by molar-refractivity contribution is -0.147. The summed E-state index contributed by atoms with van der Waals surface area (Å²) in [7, 11) is 0.538. The zero-order valence-electron chi connectivity index (χ0n) is 24.0. The van der Waals surface area contributed by atoms with Gasteiger partial charge in [-0.15, -0.1) is 0 Å². The highest BCUT2D eigenvalue weighted by Gasteiger charge is 2.63. The van der Waals surface area contributed by atoms with Crippen LogP contribution in [0.5, 0.6) is 5.75 Å². The SMILES string of the molecule is CCN(C)S(=O)(=O)NC(=O)c1ccc2c(C3CCCCC3)c3n(c2c1)CC1(C(=O)OC)CC1c1cc(OC)ccc1-3. The standard InChI is InChI=1S/C31H37N3O6S/c1-5-33(2)41(37,38)32-29(35)20-11-13-23-26(15-20)34-18-31(30(36)40-4)17-25(31)24-16-21(39-3)12-14-22(24)28(34)27(23)19-9-7-6-8-10-19/h11-16,19,25H,5-10,17-18H2,1-4H3,(H,32,35). The van der Waals surface area contributed by atoms with Gasteiger partial charge in [0.1, 0.15) is 5.75 Å². The molecule has 6 rings (SSSR count). The van der Waals surface area contributed by atoms with Gasteiger partial charge in [-0.2, -0.15) is 12.7 Å². The van der Waals surface area contributed by atoms with Gasteiger partial charge in [0.25, 0.3) is 5.91 Å². The Morgan fingerprint density at radius 1 is 1.10 bits per heavy atom. The van der Waals surface area contributed by atoms with Gasteiger partial charge < -0.3 is 14.0 Å². The van der Waals surface area contributed by atoms with Crippen molar-refractivity contribution >= 4 is 33.0 Å². The molecule has 1 aliphatic heterocycles. The number of amides is 1.